The second-order valence-corrected chi connectivity index (χ2v) is 6.82. The minimum absolute atomic E-state index is 0.0680. The second kappa shape index (κ2) is 5.12. The first kappa shape index (κ1) is 16.5. The minimum atomic E-state index is -4.59. The quantitative estimate of drug-likeness (QED) is 0.802. The summed E-state index contributed by atoms with van der Waals surface area (Å²) in [5.74, 6) is -0.772. The van der Waals surface area contributed by atoms with Gasteiger partial charge in [0.15, 0.2) is 0 Å². The molecule has 0 aliphatic carbocycles. The van der Waals surface area contributed by atoms with Crippen molar-refractivity contribution in [2.75, 3.05) is 12.8 Å². The van der Waals surface area contributed by atoms with Crippen LogP contribution in [0.5, 0.6) is 0 Å². The van der Waals surface area contributed by atoms with Gasteiger partial charge < -0.3 is 10.5 Å². The van der Waals surface area contributed by atoms with Gasteiger partial charge in [0.1, 0.15) is 9.71 Å². The number of nitrogens with zero attached hydrogens (tertiary/aromatic N) is 1. The highest BCUT2D eigenvalue weighted by atomic mass is 32.1. The largest absolute Gasteiger partial charge is 0.465 e. The number of nitrogen functional groups attached to an aromatic ring is 1. The highest BCUT2D eigenvalue weighted by Crippen LogP contribution is 2.43. The molecular formula is C14H15F3N2O2S. The average Bonchev–Trinajstić information content (AvgIpc) is 2.72. The number of methoxy groups -OCH3 is 1. The molecule has 2 aromatic heterocycles. The van der Waals surface area contributed by atoms with Crippen molar-refractivity contribution < 1.29 is 22.7 Å². The van der Waals surface area contributed by atoms with Crippen LogP contribution in [0, 0.1) is 0 Å². The van der Waals surface area contributed by atoms with Crippen LogP contribution in [-0.2, 0) is 16.3 Å². The lowest BCUT2D eigenvalue weighted by Gasteiger charge is -2.20. The fourth-order valence-corrected chi connectivity index (χ4v) is 3.01. The molecule has 8 heteroatoms. The Balaban J connectivity index is 2.89. The zero-order chi connectivity index (χ0) is 16.9. The lowest BCUT2D eigenvalue weighted by atomic mass is 9.90. The summed E-state index contributed by atoms with van der Waals surface area (Å²) in [6, 6.07) is 0.993. The molecule has 0 saturated heterocycles. The van der Waals surface area contributed by atoms with E-state index in [4.69, 9.17) is 5.73 Å². The molecule has 2 heterocycles. The van der Waals surface area contributed by atoms with Crippen LogP contribution in [0.1, 0.15) is 41.7 Å². The molecule has 2 rings (SSSR count). The van der Waals surface area contributed by atoms with E-state index in [1.54, 1.807) is 20.8 Å². The number of fused-ring (bicyclic) bond motifs is 1. The van der Waals surface area contributed by atoms with Gasteiger partial charge >= 0.3 is 12.1 Å². The molecule has 0 aliphatic rings. The molecule has 4 nitrogen and oxygen atoms in total. The third-order valence-corrected chi connectivity index (χ3v) is 4.22. The Labute approximate surface area is 129 Å². The number of nitrogens with two attached hydrogens (primary N) is 1. The third kappa shape index (κ3) is 2.75. The van der Waals surface area contributed by atoms with E-state index in [2.05, 4.69) is 9.72 Å². The number of carbonyl (C=O) groups excluding carboxylic acids is 1. The van der Waals surface area contributed by atoms with E-state index in [1.165, 1.54) is 0 Å². The monoisotopic (exact) mass is 332 g/mol. The number of ether oxygens (including phenoxy) is 1. The van der Waals surface area contributed by atoms with Gasteiger partial charge in [0.2, 0.25) is 0 Å². The Hall–Kier alpha value is -1.83. The topological polar surface area (TPSA) is 65.2 Å². The van der Waals surface area contributed by atoms with Crippen LogP contribution >= 0.6 is 11.3 Å². The van der Waals surface area contributed by atoms with E-state index in [1.807, 2.05) is 0 Å². The van der Waals surface area contributed by atoms with Gasteiger partial charge in [-0.05, 0) is 6.07 Å². The molecule has 0 aromatic carbocycles. The number of rotatable bonds is 1. The van der Waals surface area contributed by atoms with E-state index in [-0.39, 0.29) is 26.5 Å². The van der Waals surface area contributed by atoms with Crippen LogP contribution in [0.2, 0.25) is 0 Å². The Morgan fingerprint density at radius 2 is 1.91 bits per heavy atom. The predicted octanol–water partition coefficient (Wildman–Crippen LogP) is 3.98. The van der Waals surface area contributed by atoms with Crippen LogP contribution < -0.4 is 5.73 Å². The molecule has 0 spiro atoms. The number of pyridine rings is 1. The van der Waals surface area contributed by atoms with Gasteiger partial charge in [0, 0.05) is 16.5 Å². The summed E-state index contributed by atoms with van der Waals surface area (Å²) in [4.78, 5) is 15.9. The second-order valence-electron chi connectivity index (χ2n) is 5.82. The molecule has 22 heavy (non-hydrogen) atoms. The van der Waals surface area contributed by atoms with E-state index < -0.39 is 23.1 Å². The molecule has 0 radical (unpaired) electrons. The van der Waals surface area contributed by atoms with Gasteiger partial charge in [0.05, 0.1) is 18.4 Å². The number of alkyl halides is 3. The summed E-state index contributed by atoms with van der Waals surface area (Å²) in [6.45, 7) is 5.29. The zero-order valence-corrected chi connectivity index (χ0v) is 13.3. The van der Waals surface area contributed by atoms with Crippen LogP contribution in [0.4, 0.5) is 18.9 Å². The Kier molecular flexibility index (Phi) is 3.85. The molecule has 2 N–H and O–H groups in total. The standard InChI is InChI=1S/C14H15F3N2O2S/c1-13(2,3)7-5-6(14(15,16)17)8-9(18)10(12(20)21-4)22-11(8)19-7/h5H,18H2,1-4H3. The molecule has 0 amide bonds. The summed E-state index contributed by atoms with van der Waals surface area (Å²) < 4.78 is 44.6. The van der Waals surface area contributed by atoms with Crippen LogP contribution in [-0.4, -0.2) is 18.1 Å². The highest BCUT2D eigenvalue weighted by Gasteiger charge is 2.37. The number of halogens is 3. The van der Waals surface area contributed by atoms with Crippen molar-refractivity contribution in [2.24, 2.45) is 0 Å². The molecule has 0 saturated carbocycles. The maximum absolute atomic E-state index is 13.4. The summed E-state index contributed by atoms with van der Waals surface area (Å²) in [5, 5.41) is -0.245. The van der Waals surface area contributed by atoms with Gasteiger partial charge in [0.25, 0.3) is 0 Å². The average molecular weight is 332 g/mol. The van der Waals surface area contributed by atoms with Crippen molar-refractivity contribution in [3.05, 3.63) is 22.2 Å². The van der Waals surface area contributed by atoms with E-state index in [0.29, 0.717) is 0 Å². The van der Waals surface area contributed by atoms with E-state index in [0.717, 1.165) is 24.5 Å². The first-order valence-corrected chi connectivity index (χ1v) is 7.17. The van der Waals surface area contributed by atoms with Gasteiger partial charge in [-0.15, -0.1) is 11.3 Å². The number of hydrogen-bond acceptors (Lipinski definition) is 5. The maximum Gasteiger partial charge on any atom is 0.417 e. The molecule has 120 valence electrons. The molecule has 0 bridgehead atoms. The number of esters is 1. The van der Waals surface area contributed by atoms with Crippen molar-refractivity contribution in [3.8, 4) is 0 Å². The Morgan fingerprint density at radius 1 is 1.32 bits per heavy atom. The SMILES string of the molecule is COC(=O)c1sc2nc(C(C)(C)C)cc(C(F)(F)F)c2c1N. The molecule has 0 unspecified atom stereocenters. The predicted molar refractivity (Wildman–Crippen MR) is 79.1 cm³/mol. The molecular weight excluding hydrogens is 317 g/mol. The van der Waals surface area contributed by atoms with Crippen molar-refractivity contribution in [3.63, 3.8) is 0 Å². The fourth-order valence-electron chi connectivity index (χ4n) is 1.97. The van der Waals surface area contributed by atoms with E-state index in [9.17, 15) is 18.0 Å². The highest BCUT2D eigenvalue weighted by molar-refractivity contribution is 7.21. The first-order chi connectivity index (χ1) is 9.96. The molecule has 2 aromatic rings. The fraction of sp³-hybridized carbons (Fsp3) is 0.429. The minimum Gasteiger partial charge on any atom is -0.465 e. The summed E-state index contributed by atoms with van der Waals surface area (Å²) in [6.07, 6.45) is -4.59. The van der Waals surface area contributed by atoms with Crippen LogP contribution in [0.15, 0.2) is 6.07 Å². The maximum atomic E-state index is 13.4. The summed E-state index contributed by atoms with van der Waals surface area (Å²) >= 11 is 0.806. The lowest BCUT2D eigenvalue weighted by molar-refractivity contribution is -0.136. The van der Waals surface area contributed by atoms with Gasteiger partial charge in [-0.25, -0.2) is 9.78 Å². The number of hydrogen-bond donors (Lipinski definition) is 1. The van der Waals surface area contributed by atoms with Crippen molar-refractivity contribution in [1.29, 1.82) is 0 Å². The van der Waals surface area contributed by atoms with E-state index >= 15 is 0 Å². The third-order valence-electron chi connectivity index (χ3n) is 3.14. The summed E-state index contributed by atoms with van der Waals surface area (Å²) in [7, 11) is 1.14. The van der Waals surface area contributed by atoms with Gasteiger partial charge in [-0.1, -0.05) is 20.8 Å². The molecule has 0 atom stereocenters. The van der Waals surface area contributed by atoms with Crippen molar-refractivity contribution >= 4 is 33.2 Å². The Bertz CT molecular complexity index is 745. The molecule has 0 aliphatic heterocycles. The van der Waals surface area contributed by atoms with Crippen LogP contribution in [0.3, 0.4) is 0 Å². The number of anilines is 1. The van der Waals surface area contributed by atoms with Gasteiger partial charge in [-0.3, -0.25) is 0 Å². The smallest absolute Gasteiger partial charge is 0.417 e. The van der Waals surface area contributed by atoms with Crippen LogP contribution in [0.25, 0.3) is 10.2 Å². The first-order valence-electron chi connectivity index (χ1n) is 6.35. The zero-order valence-electron chi connectivity index (χ0n) is 12.5. The Morgan fingerprint density at radius 3 is 2.36 bits per heavy atom. The molecule has 0 fully saturated rings. The number of carbonyl (C=O) groups is 1. The normalized spacial score (nSPS) is 12.7. The number of aromatic nitrogens is 1. The lowest BCUT2D eigenvalue weighted by Crippen LogP contribution is -2.16. The van der Waals surface area contributed by atoms with Crippen molar-refractivity contribution in [1.82, 2.24) is 4.98 Å². The van der Waals surface area contributed by atoms with Gasteiger partial charge in [-0.2, -0.15) is 13.2 Å². The van der Waals surface area contributed by atoms with Crippen molar-refractivity contribution in [2.45, 2.75) is 32.4 Å². The summed E-state index contributed by atoms with van der Waals surface area (Å²) in [5.41, 5.74) is 4.33. The number of thiophene rings is 1.